The van der Waals surface area contributed by atoms with Crippen molar-refractivity contribution in [2.75, 3.05) is 12.4 Å². The number of aromatic nitrogens is 1. The highest BCUT2D eigenvalue weighted by atomic mass is 19.1. The minimum atomic E-state index is -1.24. The summed E-state index contributed by atoms with van der Waals surface area (Å²) < 4.78 is 19.1. The molecule has 1 aromatic heterocycles. The van der Waals surface area contributed by atoms with Gasteiger partial charge < -0.3 is 15.2 Å². The van der Waals surface area contributed by atoms with Crippen LogP contribution < -0.4 is 10.1 Å². The molecule has 1 heterocycles. The zero-order valence-corrected chi connectivity index (χ0v) is 18.2. The number of pyridine rings is 1. The number of methoxy groups -OCH3 is 1. The van der Waals surface area contributed by atoms with Crippen LogP contribution in [-0.4, -0.2) is 23.2 Å². The van der Waals surface area contributed by atoms with Gasteiger partial charge in [-0.2, -0.15) is 0 Å². The van der Waals surface area contributed by atoms with Gasteiger partial charge >= 0.3 is 5.97 Å². The Bertz CT molecular complexity index is 1080. The van der Waals surface area contributed by atoms with Gasteiger partial charge in [-0.3, -0.25) is 4.79 Å². The Balaban J connectivity index is 1.90. The van der Waals surface area contributed by atoms with Gasteiger partial charge in [0.25, 0.3) is 0 Å². The lowest BCUT2D eigenvalue weighted by Gasteiger charge is -2.25. The predicted molar refractivity (Wildman–Crippen MR) is 120 cm³/mol. The zero-order chi connectivity index (χ0) is 22.6. The van der Waals surface area contributed by atoms with E-state index in [0.717, 1.165) is 16.9 Å². The van der Waals surface area contributed by atoms with Gasteiger partial charge in [-0.1, -0.05) is 29.8 Å². The molecule has 2 aromatic carbocycles. The molecule has 31 heavy (non-hydrogen) atoms. The van der Waals surface area contributed by atoms with Gasteiger partial charge in [-0.25, -0.2) is 9.37 Å². The van der Waals surface area contributed by atoms with Gasteiger partial charge in [0.2, 0.25) is 0 Å². The normalized spacial score (nSPS) is 11.3. The van der Waals surface area contributed by atoms with Crippen molar-refractivity contribution in [2.45, 2.75) is 39.4 Å². The van der Waals surface area contributed by atoms with E-state index in [1.54, 1.807) is 32.2 Å². The molecule has 2 N–H and O–H groups in total. The molecular weight excluding hydrogens is 395 g/mol. The molecule has 0 unspecified atom stereocenters. The van der Waals surface area contributed by atoms with Crippen molar-refractivity contribution in [3.8, 4) is 16.9 Å². The number of nitrogens with zero attached hydrogens (tertiary/aromatic N) is 1. The van der Waals surface area contributed by atoms with Gasteiger partial charge in [-0.15, -0.1) is 0 Å². The van der Waals surface area contributed by atoms with Crippen molar-refractivity contribution in [1.29, 1.82) is 0 Å². The van der Waals surface area contributed by atoms with Crippen molar-refractivity contribution in [3.05, 3.63) is 77.0 Å². The number of carbonyl (C=O) groups is 1. The third-order valence-electron chi connectivity index (χ3n) is 5.37. The van der Waals surface area contributed by atoms with Crippen molar-refractivity contribution in [2.24, 2.45) is 0 Å². The maximum absolute atomic E-state index is 13.7. The molecule has 0 saturated heterocycles. The molecule has 162 valence electrons. The maximum Gasteiger partial charge on any atom is 0.313 e. The standard InChI is InChI=1S/C25H27FN2O3/c1-16-6-5-7-17(10-16)14-27-22-9-8-18(15-28-22)19-11-20(13-26)23(31-4)21(12-19)25(2,3)24(29)30/h5-12,15H,13-14H2,1-4H3,(H,27,28)(H,29,30). The largest absolute Gasteiger partial charge is 0.496 e. The quantitative estimate of drug-likeness (QED) is 0.501. The average Bonchev–Trinajstić information content (AvgIpc) is 2.77. The SMILES string of the molecule is COc1c(CF)cc(-c2ccc(NCc3cccc(C)c3)nc2)cc1C(C)(C)C(=O)O. The molecule has 5 nitrogen and oxygen atoms in total. The highest BCUT2D eigenvalue weighted by Gasteiger charge is 2.34. The molecule has 0 radical (unpaired) electrons. The number of hydrogen-bond donors (Lipinski definition) is 2. The van der Waals surface area contributed by atoms with Crippen LogP contribution >= 0.6 is 0 Å². The number of ether oxygens (including phenoxy) is 1. The fourth-order valence-electron chi connectivity index (χ4n) is 3.46. The molecule has 0 aliphatic rings. The van der Waals surface area contributed by atoms with Crippen LogP contribution in [0.5, 0.6) is 5.75 Å². The van der Waals surface area contributed by atoms with Crippen LogP contribution in [0.4, 0.5) is 10.2 Å². The minimum absolute atomic E-state index is 0.267. The molecule has 3 aromatic rings. The molecular formula is C25H27FN2O3. The summed E-state index contributed by atoms with van der Waals surface area (Å²) in [4.78, 5) is 16.3. The summed E-state index contributed by atoms with van der Waals surface area (Å²) in [6.07, 6.45) is 1.69. The lowest BCUT2D eigenvalue weighted by molar-refractivity contribution is -0.142. The van der Waals surface area contributed by atoms with Crippen LogP contribution in [0.1, 0.15) is 36.1 Å². The zero-order valence-electron chi connectivity index (χ0n) is 18.2. The fraction of sp³-hybridized carbons (Fsp3) is 0.280. The number of aliphatic carboxylic acids is 1. The van der Waals surface area contributed by atoms with Gasteiger partial charge in [0.05, 0.1) is 12.5 Å². The Morgan fingerprint density at radius 2 is 1.94 bits per heavy atom. The summed E-state index contributed by atoms with van der Waals surface area (Å²) in [5, 5.41) is 13.0. The van der Waals surface area contributed by atoms with E-state index in [0.29, 0.717) is 23.2 Å². The van der Waals surface area contributed by atoms with Crippen molar-refractivity contribution >= 4 is 11.8 Å². The predicted octanol–water partition coefficient (Wildman–Crippen LogP) is 5.51. The van der Waals surface area contributed by atoms with Crippen LogP contribution in [0.2, 0.25) is 0 Å². The molecule has 0 saturated carbocycles. The molecule has 6 heteroatoms. The monoisotopic (exact) mass is 422 g/mol. The first-order chi connectivity index (χ1) is 14.8. The summed E-state index contributed by atoms with van der Waals surface area (Å²) in [6, 6.07) is 15.4. The first kappa shape index (κ1) is 22.3. The summed E-state index contributed by atoms with van der Waals surface area (Å²) in [7, 11) is 1.42. The van der Waals surface area contributed by atoms with Crippen LogP contribution in [-0.2, 0) is 23.4 Å². The summed E-state index contributed by atoms with van der Waals surface area (Å²) in [5.41, 5.74) is 3.31. The van der Waals surface area contributed by atoms with Crippen LogP contribution in [0.25, 0.3) is 11.1 Å². The molecule has 3 rings (SSSR count). The van der Waals surface area contributed by atoms with Crippen molar-refractivity contribution < 1.29 is 19.0 Å². The summed E-state index contributed by atoms with van der Waals surface area (Å²) >= 11 is 0. The van der Waals surface area contributed by atoms with Gasteiger partial charge in [-0.05, 0) is 56.2 Å². The number of rotatable bonds is 8. The number of nitrogens with one attached hydrogen (secondary N) is 1. The van der Waals surface area contributed by atoms with E-state index in [4.69, 9.17) is 4.74 Å². The highest BCUT2D eigenvalue weighted by molar-refractivity contribution is 5.83. The van der Waals surface area contributed by atoms with E-state index in [1.165, 1.54) is 12.7 Å². The second kappa shape index (κ2) is 9.16. The van der Waals surface area contributed by atoms with Crippen molar-refractivity contribution in [3.63, 3.8) is 0 Å². The number of halogens is 1. The fourth-order valence-corrected chi connectivity index (χ4v) is 3.46. The smallest absolute Gasteiger partial charge is 0.313 e. The molecule has 0 amide bonds. The lowest BCUT2D eigenvalue weighted by Crippen LogP contribution is -2.29. The second-order valence-electron chi connectivity index (χ2n) is 8.05. The van der Waals surface area contributed by atoms with E-state index < -0.39 is 18.1 Å². The number of aryl methyl sites for hydroxylation is 1. The lowest BCUT2D eigenvalue weighted by atomic mass is 9.81. The highest BCUT2D eigenvalue weighted by Crippen LogP contribution is 2.39. The van der Waals surface area contributed by atoms with Crippen molar-refractivity contribution in [1.82, 2.24) is 4.98 Å². The second-order valence-corrected chi connectivity index (χ2v) is 8.05. The first-order valence-corrected chi connectivity index (χ1v) is 10.0. The Labute approximate surface area is 181 Å². The Morgan fingerprint density at radius 3 is 2.52 bits per heavy atom. The van der Waals surface area contributed by atoms with Crippen LogP contribution in [0.3, 0.4) is 0 Å². The third kappa shape index (κ3) is 4.85. The summed E-state index contributed by atoms with van der Waals surface area (Å²) in [5.74, 6) is -0.0276. The van der Waals surface area contributed by atoms with E-state index >= 15 is 0 Å². The number of hydrogen-bond acceptors (Lipinski definition) is 4. The maximum atomic E-state index is 13.7. The van der Waals surface area contributed by atoms with Gasteiger partial charge in [0, 0.05) is 29.4 Å². The van der Waals surface area contributed by atoms with E-state index in [1.807, 2.05) is 18.2 Å². The number of alkyl halides is 1. The molecule has 0 atom stereocenters. The number of benzene rings is 2. The molecule has 0 spiro atoms. The van der Waals surface area contributed by atoms with E-state index in [-0.39, 0.29) is 5.75 Å². The molecule has 0 fully saturated rings. The van der Waals surface area contributed by atoms with Gasteiger partial charge in [0.1, 0.15) is 18.2 Å². The first-order valence-electron chi connectivity index (χ1n) is 10.0. The minimum Gasteiger partial charge on any atom is -0.496 e. The third-order valence-corrected chi connectivity index (χ3v) is 5.37. The molecule has 0 bridgehead atoms. The molecule has 0 aliphatic carbocycles. The molecule has 0 aliphatic heterocycles. The van der Waals surface area contributed by atoms with Crippen LogP contribution in [0.15, 0.2) is 54.7 Å². The summed E-state index contributed by atoms with van der Waals surface area (Å²) in [6.45, 7) is 5.10. The topological polar surface area (TPSA) is 71.5 Å². The Hall–Kier alpha value is -3.41. The Kier molecular flexibility index (Phi) is 6.59. The number of anilines is 1. The van der Waals surface area contributed by atoms with Crippen LogP contribution in [0, 0.1) is 6.92 Å². The number of carboxylic acid groups (broad SMARTS) is 1. The number of carboxylic acids is 1. The van der Waals surface area contributed by atoms with E-state index in [2.05, 4.69) is 35.4 Å². The van der Waals surface area contributed by atoms with E-state index in [9.17, 15) is 14.3 Å². The average molecular weight is 423 g/mol. The van der Waals surface area contributed by atoms with Gasteiger partial charge in [0.15, 0.2) is 0 Å². The Morgan fingerprint density at radius 1 is 1.16 bits per heavy atom.